The van der Waals surface area contributed by atoms with Crippen molar-refractivity contribution in [3.05, 3.63) is 18.0 Å². The topological polar surface area (TPSA) is 104 Å². The van der Waals surface area contributed by atoms with Crippen LogP contribution < -0.4 is 10.5 Å². The molecule has 0 aliphatic rings. The quantitative estimate of drug-likeness (QED) is 0.247. The molecule has 1 rings (SSSR count). The second-order valence-electron chi connectivity index (χ2n) is 8.35. The summed E-state index contributed by atoms with van der Waals surface area (Å²) in [5.74, 6) is -0.392. The minimum Gasteiger partial charge on any atom is -0.492 e. The Morgan fingerprint density at radius 2 is 1.48 bits per heavy atom. The third-order valence-electron chi connectivity index (χ3n) is 5.19. The van der Waals surface area contributed by atoms with Gasteiger partial charge in [-0.05, 0) is 12.3 Å². The first-order valence-electron chi connectivity index (χ1n) is 11.9. The van der Waals surface area contributed by atoms with Crippen molar-refractivity contribution < 1.29 is 23.8 Å². The van der Waals surface area contributed by atoms with Crippen molar-refractivity contribution in [2.45, 2.75) is 91.0 Å². The number of nitrogens with two attached hydrogens (primary N) is 1. The van der Waals surface area contributed by atoms with E-state index < -0.39 is 18.0 Å². The monoisotopic (exact) mass is 438 g/mol. The fourth-order valence-electron chi connectivity index (χ4n) is 3.08. The van der Waals surface area contributed by atoms with Gasteiger partial charge < -0.3 is 24.9 Å². The first-order chi connectivity index (χ1) is 15.0. The van der Waals surface area contributed by atoms with Crippen LogP contribution in [0.25, 0.3) is 0 Å². The molecule has 0 aliphatic carbocycles. The summed E-state index contributed by atoms with van der Waals surface area (Å²) in [6.45, 7) is 6.52. The molecule has 3 N–H and O–H groups in total. The molecule has 0 aliphatic heterocycles. The molecule has 0 fully saturated rings. The summed E-state index contributed by atoms with van der Waals surface area (Å²) >= 11 is 0. The highest BCUT2D eigenvalue weighted by Gasteiger charge is 2.19. The van der Waals surface area contributed by atoms with Crippen LogP contribution in [0.4, 0.5) is 0 Å². The van der Waals surface area contributed by atoms with Crippen molar-refractivity contribution >= 4 is 11.9 Å². The molecule has 0 bridgehead atoms. The molecule has 7 nitrogen and oxygen atoms in total. The van der Waals surface area contributed by atoms with Gasteiger partial charge in [-0.2, -0.15) is 0 Å². The van der Waals surface area contributed by atoms with Crippen molar-refractivity contribution in [1.29, 1.82) is 0 Å². The predicted molar refractivity (Wildman–Crippen MR) is 122 cm³/mol. The lowest BCUT2D eigenvalue weighted by Crippen LogP contribution is -2.37. The van der Waals surface area contributed by atoms with Gasteiger partial charge in [-0.15, -0.1) is 0 Å². The van der Waals surface area contributed by atoms with Crippen LogP contribution in [-0.4, -0.2) is 42.8 Å². The number of esters is 2. The highest BCUT2D eigenvalue weighted by molar-refractivity contribution is 5.87. The number of carbonyl (C=O) groups excluding carboxylic acids is 2. The Morgan fingerprint density at radius 1 is 0.903 bits per heavy atom. The van der Waals surface area contributed by atoms with Crippen molar-refractivity contribution in [2.24, 2.45) is 11.7 Å². The molecule has 1 aromatic rings. The fourth-order valence-corrected chi connectivity index (χ4v) is 3.08. The lowest BCUT2D eigenvalue weighted by molar-refractivity contribution is -0.147. The zero-order chi connectivity index (χ0) is 22.9. The van der Waals surface area contributed by atoms with Crippen LogP contribution in [-0.2, 0) is 14.3 Å². The standard InChI is InChI=1S/C24H42N2O5/c1-4-5-6-7-8-9-10-11-12-13-14-29-20-17-21(26-18-20)23(27)30-15-16-31-24(28)22(25)19(2)3/h17-19,22,26H,4-16,25H2,1-3H3. The van der Waals surface area contributed by atoms with Crippen molar-refractivity contribution in [3.8, 4) is 5.75 Å². The third-order valence-corrected chi connectivity index (χ3v) is 5.19. The van der Waals surface area contributed by atoms with Crippen LogP contribution >= 0.6 is 0 Å². The molecule has 0 aromatic carbocycles. The zero-order valence-electron chi connectivity index (χ0n) is 19.6. The minimum atomic E-state index is -0.672. The Balaban J connectivity index is 2.07. The maximum absolute atomic E-state index is 12.0. The van der Waals surface area contributed by atoms with E-state index >= 15 is 0 Å². The number of carbonyl (C=O) groups is 2. The Bertz CT molecular complexity index is 615. The van der Waals surface area contributed by atoms with Crippen molar-refractivity contribution in [3.63, 3.8) is 0 Å². The largest absolute Gasteiger partial charge is 0.492 e. The first kappa shape index (κ1) is 27.0. The number of aromatic nitrogens is 1. The summed E-state index contributed by atoms with van der Waals surface area (Å²) in [7, 11) is 0. The number of nitrogens with one attached hydrogen (secondary N) is 1. The van der Waals surface area contributed by atoms with Gasteiger partial charge >= 0.3 is 11.9 Å². The molecule has 7 heteroatoms. The lowest BCUT2D eigenvalue weighted by atomic mass is 10.1. The first-order valence-corrected chi connectivity index (χ1v) is 11.9. The van der Waals surface area contributed by atoms with E-state index in [2.05, 4.69) is 11.9 Å². The Labute approximate surface area is 187 Å². The third kappa shape index (κ3) is 12.4. The van der Waals surface area contributed by atoms with Crippen LogP contribution in [0.1, 0.15) is 95.5 Å². The van der Waals surface area contributed by atoms with Crippen LogP contribution in [0.5, 0.6) is 5.75 Å². The molecule has 0 saturated heterocycles. The molecule has 0 radical (unpaired) electrons. The van der Waals surface area contributed by atoms with Crippen molar-refractivity contribution in [1.82, 2.24) is 4.98 Å². The van der Waals surface area contributed by atoms with Gasteiger partial charge in [0.1, 0.15) is 30.7 Å². The Kier molecular flexibility index (Phi) is 14.5. The van der Waals surface area contributed by atoms with Crippen LogP contribution in [0.15, 0.2) is 12.3 Å². The molecule has 0 amide bonds. The number of hydrogen-bond donors (Lipinski definition) is 2. The van der Waals surface area contributed by atoms with Gasteiger partial charge in [0.05, 0.1) is 6.61 Å². The molecule has 1 unspecified atom stereocenters. The van der Waals surface area contributed by atoms with Gasteiger partial charge in [0.2, 0.25) is 0 Å². The highest BCUT2D eigenvalue weighted by Crippen LogP contribution is 2.15. The number of ether oxygens (including phenoxy) is 3. The van der Waals surface area contributed by atoms with Crippen LogP contribution in [0.3, 0.4) is 0 Å². The zero-order valence-corrected chi connectivity index (χ0v) is 19.6. The van der Waals surface area contributed by atoms with Gasteiger partial charge in [0, 0.05) is 12.3 Å². The number of aromatic amines is 1. The SMILES string of the molecule is CCCCCCCCCCCCOc1c[nH]c(C(=O)OCCOC(=O)C(N)C(C)C)c1. The molecule has 178 valence electrons. The lowest BCUT2D eigenvalue weighted by Gasteiger charge is -2.14. The smallest absolute Gasteiger partial charge is 0.354 e. The Morgan fingerprint density at radius 3 is 2.10 bits per heavy atom. The van der Waals surface area contributed by atoms with Gasteiger partial charge in [0.25, 0.3) is 0 Å². The predicted octanol–water partition coefficient (Wildman–Crippen LogP) is 5.00. The second kappa shape index (κ2) is 16.6. The average Bonchev–Trinajstić information content (AvgIpc) is 3.23. The fraction of sp³-hybridized carbons (Fsp3) is 0.750. The summed E-state index contributed by atoms with van der Waals surface area (Å²) in [5.41, 5.74) is 6.00. The maximum Gasteiger partial charge on any atom is 0.354 e. The van der Waals surface area contributed by atoms with E-state index in [4.69, 9.17) is 19.9 Å². The summed E-state index contributed by atoms with van der Waals surface area (Å²) in [4.78, 5) is 26.5. The van der Waals surface area contributed by atoms with E-state index in [1.54, 1.807) is 12.3 Å². The van der Waals surface area contributed by atoms with Gasteiger partial charge in [0.15, 0.2) is 0 Å². The molecule has 0 saturated carbocycles. The number of unbranched alkanes of at least 4 members (excludes halogenated alkanes) is 9. The Hall–Kier alpha value is -2.02. The van der Waals surface area contributed by atoms with E-state index in [0.29, 0.717) is 18.1 Å². The van der Waals surface area contributed by atoms with E-state index in [1.165, 1.54) is 51.4 Å². The normalized spacial score (nSPS) is 12.0. The maximum atomic E-state index is 12.0. The van der Waals surface area contributed by atoms with Crippen LogP contribution in [0.2, 0.25) is 0 Å². The van der Waals surface area contributed by atoms with E-state index in [1.807, 2.05) is 13.8 Å². The molecule has 0 spiro atoms. The number of hydrogen-bond acceptors (Lipinski definition) is 6. The van der Waals surface area contributed by atoms with E-state index in [0.717, 1.165) is 12.8 Å². The molecular formula is C24H42N2O5. The van der Waals surface area contributed by atoms with Crippen molar-refractivity contribution in [2.75, 3.05) is 19.8 Å². The van der Waals surface area contributed by atoms with E-state index in [-0.39, 0.29) is 19.1 Å². The van der Waals surface area contributed by atoms with E-state index in [9.17, 15) is 9.59 Å². The number of rotatable bonds is 18. The van der Waals surface area contributed by atoms with Gasteiger partial charge in [-0.1, -0.05) is 78.6 Å². The summed E-state index contributed by atoms with van der Waals surface area (Å²) < 4.78 is 15.8. The second-order valence-corrected chi connectivity index (χ2v) is 8.35. The average molecular weight is 439 g/mol. The minimum absolute atomic E-state index is 0.00675. The highest BCUT2D eigenvalue weighted by atomic mass is 16.6. The molecule has 31 heavy (non-hydrogen) atoms. The molecule has 1 atom stereocenters. The summed E-state index contributed by atoms with van der Waals surface area (Å²) in [6, 6.07) is 0.952. The van der Waals surface area contributed by atoms with Gasteiger partial charge in [-0.25, -0.2) is 4.79 Å². The summed E-state index contributed by atoms with van der Waals surface area (Å²) in [5, 5.41) is 0. The molecular weight excluding hydrogens is 396 g/mol. The molecule has 1 heterocycles. The molecule has 1 aromatic heterocycles. The summed E-state index contributed by atoms with van der Waals surface area (Å²) in [6.07, 6.45) is 14.4. The van der Waals surface area contributed by atoms with Gasteiger partial charge in [-0.3, -0.25) is 4.79 Å². The van der Waals surface area contributed by atoms with Crippen LogP contribution in [0, 0.1) is 5.92 Å². The number of H-pyrrole nitrogens is 1.